The second kappa shape index (κ2) is 6.01. The average molecular weight is 274 g/mol. The van der Waals surface area contributed by atoms with Crippen molar-refractivity contribution in [1.82, 2.24) is 9.36 Å². The summed E-state index contributed by atoms with van der Waals surface area (Å²) in [4.78, 5) is 4.52. The Labute approximate surface area is 112 Å². The molecule has 2 rings (SSSR count). The fourth-order valence-electron chi connectivity index (χ4n) is 2.38. The van der Waals surface area contributed by atoms with Crippen molar-refractivity contribution in [3.63, 3.8) is 0 Å². The van der Waals surface area contributed by atoms with E-state index in [-0.39, 0.29) is 5.54 Å². The summed E-state index contributed by atoms with van der Waals surface area (Å²) in [5.74, 6) is 1.62. The van der Waals surface area contributed by atoms with Crippen LogP contribution in [0.15, 0.2) is 0 Å². The van der Waals surface area contributed by atoms with Crippen LogP contribution < -0.4 is 5.32 Å². The molecule has 1 aliphatic rings. The van der Waals surface area contributed by atoms with E-state index < -0.39 is 0 Å². The van der Waals surface area contributed by atoms with Gasteiger partial charge in [-0.3, -0.25) is 0 Å². The van der Waals surface area contributed by atoms with Crippen LogP contribution >= 0.6 is 23.1 Å². The Kier molecular flexibility index (Phi) is 4.62. The molecule has 3 nitrogen and oxygen atoms in total. The summed E-state index contributed by atoms with van der Waals surface area (Å²) in [7, 11) is 0. The van der Waals surface area contributed by atoms with Crippen molar-refractivity contribution in [2.75, 3.05) is 11.2 Å². The van der Waals surface area contributed by atoms with Crippen molar-refractivity contribution < 1.29 is 0 Å². The van der Waals surface area contributed by atoms with Crippen LogP contribution in [0.25, 0.3) is 0 Å². The van der Waals surface area contributed by atoms with Gasteiger partial charge < -0.3 is 5.32 Å². The molecule has 0 unspecified atom stereocenters. The van der Waals surface area contributed by atoms with Gasteiger partial charge in [-0.05, 0) is 19.3 Å². The highest BCUT2D eigenvalue weighted by Gasteiger charge is 2.31. The molecule has 1 N–H and O–H groups in total. The highest BCUT2D eigenvalue weighted by atomic mass is 35.5. The summed E-state index contributed by atoms with van der Waals surface area (Å²) in [6, 6.07) is 0. The third-order valence-electron chi connectivity index (χ3n) is 3.38. The number of aryl methyl sites for hydroxylation is 1. The summed E-state index contributed by atoms with van der Waals surface area (Å²) in [6.07, 6.45) is 8.22. The lowest BCUT2D eigenvalue weighted by Crippen LogP contribution is -2.42. The lowest BCUT2D eigenvalue weighted by atomic mass is 9.83. The van der Waals surface area contributed by atoms with Gasteiger partial charge in [-0.2, -0.15) is 4.37 Å². The molecular weight excluding hydrogens is 254 g/mol. The second-order valence-electron chi connectivity index (χ2n) is 4.87. The number of rotatable bonds is 5. The van der Waals surface area contributed by atoms with Gasteiger partial charge in [-0.1, -0.05) is 26.2 Å². The molecule has 96 valence electrons. The molecule has 0 atom stereocenters. The van der Waals surface area contributed by atoms with E-state index in [0.717, 1.165) is 36.6 Å². The highest BCUT2D eigenvalue weighted by molar-refractivity contribution is 7.09. The van der Waals surface area contributed by atoms with Gasteiger partial charge in [-0.15, -0.1) is 11.6 Å². The summed E-state index contributed by atoms with van der Waals surface area (Å²) >= 11 is 7.62. The Hall–Kier alpha value is -0.350. The quantitative estimate of drug-likeness (QED) is 0.828. The third-order valence-corrected chi connectivity index (χ3v) is 4.56. The summed E-state index contributed by atoms with van der Waals surface area (Å²) in [5.41, 5.74) is 0.0584. The molecule has 1 aromatic rings. The zero-order valence-corrected chi connectivity index (χ0v) is 11.9. The van der Waals surface area contributed by atoms with E-state index >= 15 is 0 Å². The Balaban J connectivity index is 2.01. The van der Waals surface area contributed by atoms with Gasteiger partial charge >= 0.3 is 0 Å². The van der Waals surface area contributed by atoms with Gasteiger partial charge in [-0.25, -0.2) is 4.98 Å². The standard InChI is InChI=1S/C12H20ClN3S/c1-2-6-10-14-11(17-16-10)15-12(9-13)7-4-3-5-8-12/h2-9H2,1H3,(H,14,15,16). The predicted octanol–water partition coefficient (Wildman–Crippen LogP) is 3.84. The molecule has 1 aliphatic carbocycles. The zero-order valence-electron chi connectivity index (χ0n) is 10.3. The lowest BCUT2D eigenvalue weighted by molar-refractivity contribution is 0.353. The molecule has 0 aliphatic heterocycles. The monoisotopic (exact) mass is 273 g/mol. The molecule has 5 heteroatoms. The Morgan fingerprint density at radius 1 is 1.35 bits per heavy atom. The molecule has 17 heavy (non-hydrogen) atoms. The van der Waals surface area contributed by atoms with Crippen molar-refractivity contribution in [3.05, 3.63) is 5.82 Å². The fraction of sp³-hybridized carbons (Fsp3) is 0.833. The number of anilines is 1. The van der Waals surface area contributed by atoms with Crippen molar-refractivity contribution in [3.8, 4) is 0 Å². The SMILES string of the molecule is CCCc1nsc(NC2(CCl)CCCCC2)n1. The first kappa shape index (κ1) is 13.1. The van der Waals surface area contributed by atoms with Gasteiger partial charge in [0.05, 0.1) is 5.54 Å². The molecule has 0 radical (unpaired) electrons. The molecule has 0 aromatic carbocycles. The van der Waals surface area contributed by atoms with Crippen molar-refractivity contribution in [1.29, 1.82) is 0 Å². The molecular formula is C12H20ClN3S. The van der Waals surface area contributed by atoms with Crippen LogP contribution in [0.1, 0.15) is 51.3 Å². The van der Waals surface area contributed by atoms with Gasteiger partial charge in [0.1, 0.15) is 5.82 Å². The minimum absolute atomic E-state index is 0.0584. The fourth-order valence-corrected chi connectivity index (χ4v) is 3.44. The smallest absolute Gasteiger partial charge is 0.203 e. The van der Waals surface area contributed by atoms with E-state index in [1.807, 2.05) is 0 Å². The van der Waals surface area contributed by atoms with E-state index in [9.17, 15) is 0 Å². The van der Waals surface area contributed by atoms with Crippen LogP contribution in [0, 0.1) is 0 Å². The molecule has 0 saturated heterocycles. The topological polar surface area (TPSA) is 37.8 Å². The number of nitrogens with one attached hydrogen (secondary N) is 1. The van der Waals surface area contributed by atoms with Crippen LogP contribution in [0.2, 0.25) is 0 Å². The van der Waals surface area contributed by atoms with Crippen molar-refractivity contribution >= 4 is 28.3 Å². The molecule has 0 bridgehead atoms. The van der Waals surface area contributed by atoms with Crippen LogP contribution in [-0.4, -0.2) is 20.8 Å². The van der Waals surface area contributed by atoms with E-state index in [4.69, 9.17) is 11.6 Å². The maximum absolute atomic E-state index is 6.15. The van der Waals surface area contributed by atoms with E-state index in [2.05, 4.69) is 21.6 Å². The number of alkyl halides is 1. The number of hydrogen-bond donors (Lipinski definition) is 1. The average Bonchev–Trinajstić information content (AvgIpc) is 2.78. The van der Waals surface area contributed by atoms with Crippen LogP contribution in [0.4, 0.5) is 5.13 Å². The number of aromatic nitrogens is 2. The highest BCUT2D eigenvalue weighted by Crippen LogP contribution is 2.33. The van der Waals surface area contributed by atoms with E-state index in [1.54, 1.807) is 0 Å². The Morgan fingerprint density at radius 2 is 2.12 bits per heavy atom. The summed E-state index contributed by atoms with van der Waals surface area (Å²) in [6.45, 7) is 2.15. The minimum atomic E-state index is 0.0584. The molecule has 1 fully saturated rings. The van der Waals surface area contributed by atoms with Crippen LogP contribution in [0.5, 0.6) is 0 Å². The van der Waals surface area contributed by atoms with Gasteiger partial charge in [0.2, 0.25) is 5.13 Å². The molecule has 1 saturated carbocycles. The van der Waals surface area contributed by atoms with Crippen LogP contribution in [-0.2, 0) is 6.42 Å². The first-order valence-electron chi connectivity index (χ1n) is 6.45. The first-order valence-corrected chi connectivity index (χ1v) is 7.75. The summed E-state index contributed by atoms with van der Waals surface area (Å²) in [5, 5.41) is 4.48. The summed E-state index contributed by atoms with van der Waals surface area (Å²) < 4.78 is 4.36. The zero-order chi connectivity index (χ0) is 12.1. The molecule has 0 amide bonds. The molecule has 1 heterocycles. The van der Waals surface area contributed by atoms with E-state index in [0.29, 0.717) is 5.88 Å². The number of nitrogens with zero attached hydrogens (tertiary/aromatic N) is 2. The van der Waals surface area contributed by atoms with E-state index in [1.165, 1.54) is 30.8 Å². The van der Waals surface area contributed by atoms with Gasteiger partial charge in [0.25, 0.3) is 0 Å². The normalized spacial score (nSPS) is 19.2. The van der Waals surface area contributed by atoms with Gasteiger partial charge in [0.15, 0.2) is 0 Å². The third kappa shape index (κ3) is 3.32. The van der Waals surface area contributed by atoms with Crippen molar-refractivity contribution in [2.24, 2.45) is 0 Å². The first-order chi connectivity index (χ1) is 8.28. The maximum Gasteiger partial charge on any atom is 0.203 e. The molecule has 0 spiro atoms. The Bertz CT molecular complexity index is 347. The second-order valence-corrected chi connectivity index (χ2v) is 5.88. The number of hydrogen-bond acceptors (Lipinski definition) is 4. The minimum Gasteiger partial charge on any atom is -0.354 e. The van der Waals surface area contributed by atoms with Crippen molar-refractivity contribution in [2.45, 2.75) is 57.4 Å². The van der Waals surface area contributed by atoms with Crippen LogP contribution in [0.3, 0.4) is 0 Å². The number of halogens is 1. The molecule has 1 aromatic heterocycles. The van der Waals surface area contributed by atoms with Gasteiger partial charge in [0, 0.05) is 23.8 Å². The Morgan fingerprint density at radius 3 is 2.76 bits per heavy atom. The largest absolute Gasteiger partial charge is 0.354 e. The lowest BCUT2D eigenvalue weighted by Gasteiger charge is -2.36. The predicted molar refractivity (Wildman–Crippen MR) is 74.1 cm³/mol. The maximum atomic E-state index is 6.15.